The Labute approximate surface area is 110 Å². The highest BCUT2D eigenvalue weighted by Gasteiger charge is 2.26. The minimum atomic E-state index is 0.349. The molecule has 0 bridgehead atoms. The molecule has 0 aromatic carbocycles. The zero-order chi connectivity index (χ0) is 13.0. The van der Waals surface area contributed by atoms with E-state index >= 15 is 0 Å². The van der Waals surface area contributed by atoms with Crippen LogP contribution >= 0.6 is 0 Å². The van der Waals surface area contributed by atoms with Crippen molar-refractivity contribution in [2.75, 3.05) is 19.6 Å². The van der Waals surface area contributed by atoms with E-state index in [-0.39, 0.29) is 0 Å². The third kappa shape index (κ3) is 3.30. The third-order valence-electron chi connectivity index (χ3n) is 4.13. The predicted molar refractivity (Wildman–Crippen MR) is 75.2 cm³/mol. The van der Waals surface area contributed by atoms with Crippen molar-refractivity contribution in [3.8, 4) is 0 Å². The van der Waals surface area contributed by atoms with Crippen LogP contribution in [0.2, 0.25) is 0 Å². The van der Waals surface area contributed by atoms with Crippen LogP contribution in [0.4, 0.5) is 0 Å². The molecule has 0 saturated carbocycles. The number of hydrogen-bond acceptors (Lipinski definition) is 3. The summed E-state index contributed by atoms with van der Waals surface area (Å²) in [4.78, 5) is 6.64. The summed E-state index contributed by atoms with van der Waals surface area (Å²) in [6.45, 7) is 7.75. The number of pyridine rings is 1. The average molecular weight is 247 g/mol. The molecule has 1 aromatic rings. The maximum Gasteiger partial charge on any atom is 0.0471 e. The molecular weight excluding hydrogens is 222 g/mol. The number of hydrogen-bond donors (Lipinski definition) is 1. The normalized spacial score (nSPS) is 22.4. The van der Waals surface area contributed by atoms with Crippen molar-refractivity contribution < 1.29 is 0 Å². The number of nitrogens with two attached hydrogens (primary N) is 1. The highest BCUT2D eigenvalue weighted by atomic mass is 15.2. The summed E-state index contributed by atoms with van der Waals surface area (Å²) >= 11 is 0. The largest absolute Gasteiger partial charge is 0.329 e. The Morgan fingerprint density at radius 2 is 2.00 bits per heavy atom. The lowest BCUT2D eigenvalue weighted by Crippen LogP contribution is -2.34. The number of rotatable bonds is 3. The van der Waals surface area contributed by atoms with Crippen LogP contribution in [0.15, 0.2) is 24.5 Å². The maximum atomic E-state index is 5.99. The molecular formula is C15H25N3. The standard InChI is InChI=1S/C15H25N3/c1-15(2)6-3-10-18(11-7-15)14(12-16)13-4-8-17-9-5-13/h4-5,8-9,14H,3,6-7,10-12,16H2,1-2H3. The van der Waals surface area contributed by atoms with Crippen LogP contribution in [-0.4, -0.2) is 29.5 Å². The number of likely N-dealkylation sites (tertiary alicyclic amines) is 1. The van der Waals surface area contributed by atoms with Crippen molar-refractivity contribution in [2.24, 2.45) is 11.1 Å². The fourth-order valence-electron chi connectivity index (χ4n) is 2.84. The molecule has 3 heteroatoms. The van der Waals surface area contributed by atoms with E-state index < -0.39 is 0 Å². The summed E-state index contributed by atoms with van der Waals surface area (Å²) in [5.74, 6) is 0. The van der Waals surface area contributed by atoms with Gasteiger partial charge in [-0.1, -0.05) is 13.8 Å². The van der Waals surface area contributed by atoms with E-state index in [0.717, 1.165) is 13.1 Å². The molecule has 0 spiro atoms. The first-order valence-electron chi connectivity index (χ1n) is 6.96. The van der Waals surface area contributed by atoms with Crippen molar-refractivity contribution in [1.82, 2.24) is 9.88 Å². The SMILES string of the molecule is CC1(C)CCCN(C(CN)c2ccncc2)CC1. The molecule has 1 aromatic heterocycles. The lowest BCUT2D eigenvalue weighted by molar-refractivity contribution is 0.200. The minimum absolute atomic E-state index is 0.349. The van der Waals surface area contributed by atoms with Gasteiger partial charge in [-0.15, -0.1) is 0 Å². The van der Waals surface area contributed by atoms with Gasteiger partial charge in [0.2, 0.25) is 0 Å². The molecule has 1 saturated heterocycles. The van der Waals surface area contributed by atoms with Gasteiger partial charge in [0, 0.05) is 25.0 Å². The minimum Gasteiger partial charge on any atom is -0.329 e. The zero-order valence-corrected chi connectivity index (χ0v) is 11.6. The van der Waals surface area contributed by atoms with Gasteiger partial charge >= 0.3 is 0 Å². The van der Waals surface area contributed by atoms with E-state index in [2.05, 4.69) is 35.9 Å². The van der Waals surface area contributed by atoms with Crippen molar-refractivity contribution in [1.29, 1.82) is 0 Å². The second-order valence-corrected chi connectivity index (χ2v) is 6.09. The van der Waals surface area contributed by atoms with Crippen molar-refractivity contribution in [3.63, 3.8) is 0 Å². The van der Waals surface area contributed by atoms with Crippen molar-refractivity contribution in [3.05, 3.63) is 30.1 Å². The Morgan fingerprint density at radius 3 is 2.67 bits per heavy atom. The monoisotopic (exact) mass is 247 g/mol. The van der Waals surface area contributed by atoms with Gasteiger partial charge in [0.1, 0.15) is 0 Å². The molecule has 0 aliphatic carbocycles. The summed E-state index contributed by atoms with van der Waals surface area (Å²) in [5.41, 5.74) is 7.77. The average Bonchev–Trinajstić information content (AvgIpc) is 2.54. The summed E-state index contributed by atoms with van der Waals surface area (Å²) in [5, 5.41) is 0. The predicted octanol–water partition coefficient (Wildman–Crippen LogP) is 2.59. The van der Waals surface area contributed by atoms with Crippen LogP contribution in [0.5, 0.6) is 0 Å². The van der Waals surface area contributed by atoms with E-state index in [4.69, 9.17) is 5.73 Å². The van der Waals surface area contributed by atoms with Gasteiger partial charge in [-0.3, -0.25) is 9.88 Å². The first-order valence-corrected chi connectivity index (χ1v) is 6.96. The van der Waals surface area contributed by atoms with E-state index in [1.807, 2.05) is 12.4 Å². The molecule has 2 rings (SSSR count). The fourth-order valence-corrected chi connectivity index (χ4v) is 2.84. The summed E-state index contributed by atoms with van der Waals surface area (Å²) in [6, 6.07) is 4.53. The number of nitrogens with zero attached hydrogens (tertiary/aromatic N) is 2. The van der Waals surface area contributed by atoms with Gasteiger partial charge in [0.15, 0.2) is 0 Å². The van der Waals surface area contributed by atoms with Crippen LogP contribution in [0, 0.1) is 5.41 Å². The van der Waals surface area contributed by atoms with Crippen molar-refractivity contribution in [2.45, 2.75) is 39.2 Å². The lowest BCUT2D eigenvalue weighted by atomic mass is 9.85. The van der Waals surface area contributed by atoms with Crippen LogP contribution in [-0.2, 0) is 0 Å². The Balaban J connectivity index is 2.09. The summed E-state index contributed by atoms with van der Waals surface area (Å²) in [6.07, 6.45) is 7.57. The quantitative estimate of drug-likeness (QED) is 0.892. The Kier molecular flexibility index (Phi) is 4.36. The van der Waals surface area contributed by atoms with E-state index in [0.29, 0.717) is 18.0 Å². The molecule has 100 valence electrons. The smallest absolute Gasteiger partial charge is 0.0471 e. The molecule has 1 aliphatic rings. The first kappa shape index (κ1) is 13.5. The zero-order valence-electron chi connectivity index (χ0n) is 11.6. The van der Waals surface area contributed by atoms with Crippen LogP contribution in [0.25, 0.3) is 0 Å². The summed E-state index contributed by atoms with van der Waals surface area (Å²) in [7, 11) is 0. The van der Waals surface area contributed by atoms with Gasteiger partial charge in [-0.25, -0.2) is 0 Å². The molecule has 1 unspecified atom stereocenters. The second kappa shape index (κ2) is 5.81. The van der Waals surface area contributed by atoms with E-state index in [1.165, 1.54) is 24.8 Å². The molecule has 0 radical (unpaired) electrons. The lowest BCUT2D eigenvalue weighted by Gasteiger charge is -2.30. The summed E-state index contributed by atoms with van der Waals surface area (Å²) < 4.78 is 0. The first-order chi connectivity index (χ1) is 8.62. The third-order valence-corrected chi connectivity index (χ3v) is 4.13. The van der Waals surface area contributed by atoms with Crippen molar-refractivity contribution >= 4 is 0 Å². The Hall–Kier alpha value is -0.930. The fraction of sp³-hybridized carbons (Fsp3) is 0.667. The molecule has 2 N–H and O–H groups in total. The van der Waals surface area contributed by atoms with Gasteiger partial charge in [0.25, 0.3) is 0 Å². The molecule has 18 heavy (non-hydrogen) atoms. The highest BCUT2D eigenvalue weighted by molar-refractivity contribution is 5.15. The highest BCUT2D eigenvalue weighted by Crippen LogP contribution is 2.32. The molecule has 0 amide bonds. The molecule has 2 heterocycles. The molecule has 1 fully saturated rings. The number of aromatic nitrogens is 1. The van der Waals surface area contributed by atoms with E-state index in [9.17, 15) is 0 Å². The maximum absolute atomic E-state index is 5.99. The van der Waals surface area contributed by atoms with Gasteiger partial charge in [-0.2, -0.15) is 0 Å². The van der Waals surface area contributed by atoms with Crippen LogP contribution < -0.4 is 5.73 Å². The topological polar surface area (TPSA) is 42.1 Å². The molecule has 3 nitrogen and oxygen atoms in total. The van der Waals surface area contributed by atoms with Crippen LogP contribution in [0.3, 0.4) is 0 Å². The molecule has 1 aliphatic heterocycles. The van der Waals surface area contributed by atoms with E-state index in [1.54, 1.807) is 0 Å². The van der Waals surface area contributed by atoms with Gasteiger partial charge in [-0.05, 0) is 55.5 Å². The Morgan fingerprint density at radius 1 is 1.28 bits per heavy atom. The second-order valence-electron chi connectivity index (χ2n) is 6.09. The van der Waals surface area contributed by atoms with Crippen LogP contribution in [0.1, 0.15) is 44.7 Å². The van der Waals surface area contributed by atoms with Gasteiger partial charge < -0.3 is 5.73 Å². The van der Waals surface area contributed by atoms with Gasteiger partial charge in [0.05, 0.1) is 0 Å². The Bertz CT molecular complexity index is 361. The molecule has 1 atom stereocenters.